The van der Waals surface area contributed by atoms with Gasteiger partial charge in [0.2, 0.25) is 0 Å². The Hall–Kier alpha value is -0.570. The third kappa shape index (κ3) is 2.74. The van der Waals surface area contributed by atoms with Gasteiger partial charge in [-0.15, -0.1) is 0 Å². The van der Waals surface area contributed by atoms with Gasteiger partial charge in [0.05, 0.1) is 0 Å². The van der Waals surface area contributed by atoms with E-state index >= 15 is 0 Å². The molecule has 1 aromatic carbocycles. The molecule has 1 aliphatic heterocycles. The largest absolute Gasteiger partial charge is 0.381 e. The van der Waals surface area contributed by atoms with Crippen molar-refractivity contribution in [3.63, 3.8) is 0 Å². The number of nitrogens with one attached hydrogen (secondary N) is 1. The summed E-state index contributed by atoms with van der Waals surface area (Å²) in [7, 11) is 0. The van der Waals surface area contributed by atoms with Gasteiger partial charge in [0, 0.05) is 36.2 Å². The van der Waals surface area contributed by atoms with Crippen molar-refractivity contribution in [3.05, 3.63) is 34.9 Å². The van der Waals surface area contributed by atoms with E-state index in [1.54, 1.807) is 0 Å². The summed E-state index contributed by atoms with van der Waals surface area (Å²) in [6.07, 6.45) is 7.82. The van der Waals surface area contributed by atoms with E-state index in [9.17, 15) is 0 Å². The second-order valence-corrected chi connectivity index (χ2v) is 7.84. The highest BCUT2D eigenvalue weighted by molar-refractivity contribution is 6.30. The number of rotatable bonds is 4. The van der Waals surface area contributed by atoms with E-state index in [0.29, 0.717) is 10.8 Å². The van der Waals surface area contributed by atoms with E-state index in [-0.39, 0.29) is 0 Å². The smallest absolute Gasteiger partial charge is 0.0471 e. The van der Waals surface area contributed by atoms with Crippen LogP contribution in [0.5, 0.6) is 0 Å². The summed E-state index contributed by atoms with van der Waals surface area (Å²) in [5.74, 6) is 0. The average molecular weight is 306 g/mol. The maximum Gasteiger partial charge on any atom is 0.0471 e. The Morgan fingerprint density at radius 1 is 1.10 bits per heavy atom. The molecule has 1 saturated heterocycles. The van der Waals surface area contributed by atoms with Crippen LogP contribution in [0, 0.1) is 5.41 Å². The summed E-state index contributed by atoms with van der Waals surface area (Å²) >= 11 is 6.07. The van der Waals surface area contributed by atoms with Crippen molar-refractivity contribution in [2.75, 3.05) is 19.8 Å². The van der Waals surface area contributed by atoms with E-state index in [2.05, 4.69) is 17.4 Å². The lowest BCUT2D eigenvalue weighted by Crippen LogP contribution is -2.56. The monoisotopic (exact) mass is 305 g/mol. The van der Waals surface area contributed by atoms with Gasteiger partial charge in [0.1, 0.15) is 0 Å². The van der Waals surface area contributed by atoms with Crippen molar-refractivity contribution in [1.82, 2.24) is 5.32 Å². The molecule has 3 aliphatic rings. The van der Waals surface area contributed by atoms with Crippen LogP contribution in [-0.2, 0) is 10.2 Å². The highest BCUT2D eigenvalue weighted by atomic mass is 35.5. The second-order valence-electron chi connectivity index (χ2n) is 7.41. The molecular weight excluding hydrogens is 282 g/mol. The Morgan fingerprint density at radius 2 is 1.76 bits per heavy atom. The van der Waals surface area contributed by atoms with Crippen molar-refractivity contribution < 1.29 is 4.74 Å². The van der Waals surface area contributed by atoms with Gasteiger partial charge in [0.25, 0.3) is 0 Å². The minimum absolute atomic E-state index is 0.324. The van der Waals surface area contributed by atoms with Crippen LogP contribution >= 0.6 is 11.6 Å². The zero-order chi connectivity index (χ0) is 14.3. The van der Waals surface area contributed by atoms with Crippen molar-refractivity contribution in [2.24, 2.45) is 5.41 Å². The molecule has 0 amide bonds. The molecule has 21 heavy (non-hydrogen) atoms. The number of benzene rings is 1. The minimum Gasteiger partial charge on any atom is -0.381 e. The quantitative estimate of drug-likeness (QED) is 0.910. The van der Waals surface area contributed by atoms with Crippen LogP contribution in [0.15, 0.2) is 24.3 Å². The standard InChI is InChI=1S/C18H24ClNO/c19-15-3-1-14(2-4-15)18(13-20-16-5-6-16)11-17(12-18)7-9-21-10-8-17/h1-4,16,20H,5-13H2. The van der Waals surface area contributed by atoms with Gasteiger partial charge < -0.3 is 10.1 Å². The molecule has 4 rings (SSSR count). The van der Waals surface area contributed by atoms with Gasteiger partial charge in [0.15, 0.2) is 0 Å². The third-order valence-electron chi connectivity index (χ3n) is 5.74. The summed E-state index contributed by atoms with van der Waals surface area (Å²) in [6, 6.07) is 9.35. The molecule has 0 radical (unpaired) electrons. The average Bonchev–Trinajstić information content (AvgIpc) is 3.29. The molecule has 114 valence electrons. The molecule has 2 aliphatic carbocycles. The van der Waals surface area contributed by atoms with Gasteiger partial charge in [-0.1, -0.05) is 23.7 Å². The highest BCUT2D eigenvalue weighted by Gasteiger charge is 2.55. The topological polar surface area (TPSA) is 21.3 Å². The number of halogens is 1. The molecular formula is C18H24ClNO. The molecule has 1 spiro atoms. The molecule has 3 heteroatoms. The van der Waals surface area contributed by atoms with Crippen LogP contribution in [0.3, 0.4) is 0 Å². The Morgan fingerprint density at radius 3 is 2.38 bits per heavy atom. The fourth-order valence-electron chi connectivity index (χ4n) is 4.40. The number of hydrogen-bond donors (Lipinski definition) is 1. The molecule has 2 nitrogen and oxygen atoms in total. The lowest BCUT2D eigenvalue weighted by Gasteiger charge is -2.58. The van der Waals surface area contributed by atoms with Gasteiger partial charge in [-0.2, -0.15) is 0 Å². The van der Waals surface area contributed by atoms with Crippen LogP contribution in [0.4, 0.5) is 0 Å². The van der Waals surface area contributed by atoms with Crippen molar-refractivity contribution >= 4 is 11.6 Å². The Kier molecular flexibility index (Phi) is 3.52. The fraction of sp³-hybridized carbons (Fsp3) is 0.667. The van der Waals surface area contributed by atoms with E-state index < -0.39 is 0 Å². The molecule has 1 aromatic rings. The number of hydrogen-bond acceptors (Lipinski definition) is 2. The summed E-state index contributed by atoms with van der Waals surface area (Å²) in [4.78, 5) is 0. The van der Waals surface area contributed by atoms with Crippen LogP contribution in [0.1, 0.15) is 44.1 Å². The van der Waals surface area contributed by atoms with Crippen molar-refractivity contribution in [1.29, 1.82) is 0 Å². The maximum absolute atomic E-state index is 6.07. The second kappa shape index (κ2) is 5.26. The fourth-order valence-corrected chi connectivity index (χ4v) is 4.53. The first-order valence-electron chi connectivity index (χ1n) is 8.27. The Balaban J connectivity index is 1.53. The van der Waals surface area contributed by atoms with Crippen molar-refractivity contribution in [2.45, 2.75) is 50.0 Å². The lowest BCUT2D eigenvalue weighted by atomic mass is 9.48. The predicted molar refractivity (Wildman–Crippen MR) is 85.9 cm³/mol. The van der Waals surface area contributed by atoms with E-state index in [0.717, 1.165) is 30.8 Å². The molecule has 1 heterocycles. The SMILES string of the molecule is Clc1ccc(C2(CNC3CC3)CC3(CCOCC3)C2)cc1. The van der Waals surface area contributed by atoms with Crippen LogP contribution in [-0.4, -0.2) is 25.8 Å². The van der Waals surface area contributed by atoms with Gasteiger partial charge in [-0.05, 0) is 61.6 Å². The first-order valence-corrected chi connectivity index (χ1v) is 8.65. The third-order valence-corrected chi connectivity index (χ3v) is 6.00. The molecule has 0 atom stereocenters. The lowest BCUT2D eigenvalue weighted by molar-refractivity contribution is -0.0738. The van der Waals surface area contributed by atoms with Gasteiger partial charge in [-0.3, -0.25) is 0 Å². The predicted octanol–water partition coefficient (Wildman–Crippen LogP) is 3.92. The first kappa shape index (κ1) is 14.0. The van der Waals surface area contributed by atoms with Crippen LogP contribution in [0.25, 0.3) is 0 Å². The highest BCUT2D eigenvalue weighted by Crippen LogP contribution is 2.60. The summed E-state index contributed by atoms with van der Waals surface area (Å²) < 4.78 is 5.57. The molecule has 2 saturated carbocycles. The maximum atomic E-state index is 6.07. The van der Waals surface area contributed by atoms with Crippen LogP contribution < -0.4 is 5.32 Å². The minimum atomic E-state index is 0.324. The molecule has 0 aromatic heterocycles. The van der Waals surface area contributed by atoms with Crippen molar-refractivity contribution in [3.8, 4) is 0 Å². The molecule has 0 bridgehead atoms. The van der Waals surface area contributed by atoms with E-state index in [4.69, 9.17) is 16.3 Å². The van der Waals surface area contributed by atoms with E-state index in [1.807, 2.05) is 12.1 Å². The summed E-state index contributed by atoms with van der Waals surface area (Å²) in [6.45, 7) is 3.03. The summed E-state index contributed by atoms with van der Waals surface area (Å²) in [5, 5.41) is 4.61. The Bertz CT molecular complexity index is 494. The van der Waals surface area contributed by atoms with E-state index in [1.165, 1.54) is 44.1 Å². The van der Waals surface area contributed by atoms with Crippen LogP contribution in [0.2, 0.25) is 5.02 Å². The molecule has 1 N–H and O–H groups in total. The zero-order valence-electron chi connectivity index (χ0n) is 12.5. The summed E-state index contributed by atoms with van der Waals surface area (Å²) in [5.41, 5.74) is 2.34. The first-order chi connectivity index (χ1) is 10.2. The number of ether oxygens (including phenoxy) is 1. The van der Waals surface area contributed by atoms with Gasteiger partial charge in [-0.25, -0.2) is 0 Å². The normalized spacial score (nSPS) is 26.5. The Labute approximate surface area is 132 Å². The zero-order valence-corrected chi connectivity index (χ0v) is 13.3. The molecule has 0 unspecified atom stereocenters. The molecule has 3 fully saturated rings. The van der Waals surface area contributed by atoms with Gasteiger partial charge >= 0.3 is 0 Å².